The first-order valence-corrected chi connectivity index (χ1v) is 10.4. The highest BCUT2D eigenvalue weighted by Gasteiger charge is 2.01. The molecule has 0 amide bonds. The molecule has 0 bridgehead atoms. The number of nitrogens with one attached hydrogen (secondary N) is 2. The first kappa shape index (κ1) is 22.0. The summed E-state index contributed by atoms with van der Waals surface area (Å²) in [5, 5.41) is 7.14. The minimum absolute atomic E-state index is 0.745. The fraction of sp³-hybridized carbons (Fsp3) is 0.185. The Morgan fingerprint density at radius 3 is 2.16 bits per heavy atom. The third kappa shape index (κ3) is 6.40. The lowest BCUT2D eigenvalue weighted by atomic mass is 10.0. The van der Waals surface area contributed by atoms with Gasteiger partial charge in [-0.15, -0.1) is 0 Å². The summed E-state index contributed by atoms with van der Waals surface area (Å²) >= 11 is 0. The fourth-order valence-corrected chi connectivity index (χ4v) is 3.05. The molecule has 4 heteroatoms. The summed E-state index contributed by atoms with van der Waals surface area (Å²) in [7, 11) is 3.75. The molecule has 0 unspecified atom stereocenters. The van der Waals surface area contributed by atoms with E-state index in [0.29, 0.717) is 0 Å². The number of rotatable bonds is 4. The molecule has 0 fully saturated rings. The number of aryl methyl sites for hydroxylation is 1. The van der Waals surface area contributed by atoms with Crippen molar-refractivity contribution >= 4 is 16.7 Å². The van der Waals surface area contributed by atoms with Crippen molar-refractivity contribution in [2.24, 2.45) is 0 Å². The Bertz CT molecular complexity index is 1150. The zero-order valence-corrected chi connectivity index (χ0v) is 18.3. The summed E-state index contributed by atoms with van der Waals surface area (Å²) in [4.78, 5) is 8.62. The summed E-state index contributed by atoms with van der Waals surface area (Å²) in [5.74, 6) is 7.32. The van der Waals surface area contributed by atoms with Gasteiger partial charge in [-0.3, -0.25) is 0 Å². The van der Waals surface area contributed by atoms with Crippen LogP contribution < -0.4 is 10.6 Å². The molecule has 0 aliphatic carbocycles. The average Bonchev–Trinajstić information content (AvgIpc) is 2.80. The highest BCUT2D eigenvalue weighted by Crippen LogP contribution is 2.20. The van der Waals surface area contributed by atoms with Crippen LogP contribution in [0.2, 0.25) is 0 Å². The predicted molar refractivity (Wildman–Crippen MR) is 131 cm³/mol. The van der Waals surface area contributed by atoms with Gasteiger partial charge in [-0.05, 0) is 56.4 Å². The third-order valence-electron chi connectivity index (χ3n) is 4.59. The standard InChI is InChI=1S/C25H21N3.C2H7N/c1-19-9-13-21(14-10-19)22-15-11-20(12-16-22)6-4-5-17-26-25-23-7-2-3-8-24(23)27-18-28-25;1-3-2/h2-3,7-16,18H,5,17H2,1H3,(H,26,27,28);3H,1-2H3. The number of para-hydroxylation sites is 1. The molecular weight excluding hydrogens is 380 g/mol. The molecule has 2 N–H and O–H groups in total. The van der Waals surface area contributed by atoms with Crippen molar-refractivity contribution in [2.75, 3.05) is 26.0 Å². The Hall–Kier alpha value is -3.68. The number of nitrogens with zero attached hydrogens (tertiary/aromatic N) is 2. The van der Waals surface area contributed by atoms with Gasteiger partial charge < -0.3 is 10.6 Å². The summed E-state index contributed by atoms with van der Waals surface area (Å²) in [6, 6.07) is 25.0. The van der Waals surface area contributed by atoms with Crippen molar-refractivity contribution in [3.63, 3.8) is 0 Å². The number of hydrogen-bond donors (Lipinski definition) is 2. The molecule has 0 spiro atoms. The molecule has 4 nitrogen and oxygen atoms in total. The lowest BCUT2D eigenvalue weighted by molar-refractivity contribution is 1.02. The van der Waals surface area contributed by atoms with Crippen molar-refractivity contribution in [1.82, 2.24) is 15.3 Å². The van der Waals surface area contributed by atoms with Gasteiger partial charge in [0.05, 0.1) is 5.52 Å². The number of aromatic nitrogens is 2. The van der Waals surface area contributed by atoms with Crippen LogP contribution in [0.3, 0.4) is 0 Å². The van der Waals surface area contributed by atoms with Crippen molar-refractivity contribution in [1.29, 1.82) is 0 Å². The smallest absolute Gasteiger partial charge is 0.137 e. The van der Waals surface area contributed by atoms with Crippen molar-refractivity contribution in [3.8, 4) is 23.0 Å². The van der Waals surface area contributed by atoms with Crippen molar-refractivity contribution in [2.45, 2.75) is 13.3 Å². The van der Waals surface area contributed by atoms with Crippen LogP contribution in [0, 0.1) is 18.8 Å². The topological polar surface area (TPSA) is 49.8 Å². The predicted octanol–water partition coefficient (Wildman–Crippen LogP) is 5.29. The van der Waals surface area contributed by atoms with Gasteiger partial charge in [0.25, 0.3) is 0 Å². The van der Waals surface area contributed by atoms with Crippen molar-refractivity contribution < 1.29 is 0 Å². The van der Waals surface area contributed by atoms with E-state index in [0.717, 1.165) is 35.2 Å². The van der Waals surface area contributed by atoms with Gasteiger partial charge in [-0.1, -0.05) is 65.9 Å². The molecule has 1 aromatic heterocycles. The fourth-order valence-electron chi connectivity index (χ4n) is 3.05. The van der Waals surface area contributed by atoms with Gasteiger partial charge >= 0.3 is 0 Å². The second-order valence-electron chi connectivity index (χ2n) is 7.16. The van der Waals surface area contributed by atoms with Crippen LogP contribution in [0.1, 0.15) is 17.5 Å². The molecule has 156 valence electrons. The number of anilines is 1. The third-order valence-corrected chi connectivity index (χ3v) is 4.59. The molecule has 0 radical (unpaired) electrons. The van der Waals surface area contributed by atoms with E-state index in [1.165, 1.54) is 16.7 Å². The van der Waals surface area contributed by atoms with E-state index in [-0.39, 0.29) is 0 Å². The Morgan fingerprint density at radius 2 is 1.45 bits per heavy atom. The monoisotopic (exact) mass is 408 g/mol. The van der Waals surface area contributed by atoms with Gasteiger partial charge in [0.15, 0.2) is 0 Å². The van der Waals surface area contributed by atoms with E-state index in [9.17, 15) is 0 Å². The number of fused-ring (bicyclic) bond motifs is 1. The maximum atomic E-state index is 4.34. The quantitative estimate of drug-likeness (QED) is 0.356. The van der Waals surface area contributed by atoms with Crippen LogP contribution >= 0.6 is 0 Å². The molecule has 4 aromatic rings. The summed E-state index contributed by atoms with van der Waals surface area (Å²) < 4.78 is 0. The minimum atomic E-state index is 0.745. The van der Waals surface area contributed by atoms with Crippen LogP contribution in [-0.2, 0) is 0 Å². The minimum Gasteiger partial charge on any atom is -0.368 e. The number of benzene rings is 3. The lowest BCUT2D eigenvalue weighted by Crippen LogP contribution is -2.03. The molecule has 0 atom stereocenters. The first-order valence-electron chi connectivity index (χ1n) is 10.4. The van der Waals surface area contributed by atoms with E-state index in [2.05, 4.69) is 87.9 Å². The Balaban J connectivity index is 0.000000858. The molecule has 0 aliphatic rings. The Labute approximate surface area is 184 Å². The normalized spacial score (nSPS) is 9.90. The lowest BCUT2D eigenvalue weighted by Gasteiger charge is -2.06. The van der Waals surface area contributed by atoms with Gasteiger partial charge in [0.1, 0.15) is 12.1 Å². The van der Waals surface area contributed by atoms with Crippen LogP contribution in [-0.4, -0.2) is 30.6 Å². The Kier molecular flexibility index (Phi) is 8.16. The summed E-state index contributed by atoms with van der Waals surface area (Å²) in [5.41, 5.74) is 5.69. The SMILES string of the molecule is CNC.Cc1ccc(-c2ccc(C#CCCNc3ncnc4ccccc34)cc2)cc1. The van der Waals surface area contributed by atoms with Crippen LogP contribution in [0.5, 0.6) is 0 Å². The Morgan fingerprint density at radius 1 is 0.806 bits per heavy atom. The molecule has 3 aromatic carbocycles. The molecule has 4 rings (SSSR count). The zero-order chi connectivity index (χ0) is 21.9. The highest BCUT2D eigenvalue weighted by molar-refractivity contribution is 5.88. The summed E-state index contributed by atoms with van der Waals surface area (Å²) in [6.45, 7) is 2.85. The van der Waals surface area contributed by atoms with E-state index in [1.807, 2.05) is 38.4 Å². The van der Waals surface area contributed by atoms with Gasteiger partial charge in [0, 0.05) is 23.9 Å². The maximum absolute atomic E-state index is 4.34. The van der Waals surface area contributed by atoms with E-state index in [1.54, 1.807) is 6.33 Å². The van der Waals surface area contributed by atoms with Crippen molar-refractivity contribution in [3.05, 3.63) is 90.3 Å². The second-order valence-corrected chi connectivity index (χ2v) is 7.16. The molecule has 0 saturated heterocycles. The largest absolute Gasteiger partial charge is 0.368 e. The van der Waals surface area contributed by atoms with E-state index < -0.39 is 0 Å². The van der Waals surface area contributed by atoms with Crippen LogP contribution in [0.15, 0.2) is 79.1 Å². The molecule has 31 heavy (non-hydrogen) atoms. The van der Waals surface area contributed by atoms with Gasteiger partial charge in [-0.2, -0.15) is 0 Å². The zero-order valence-electron chi connectivity index (χ0n) is 18.3. The van der Waals surface area contributed by atoms with E-state index in [4.69, 9.17) is 0 Å². The maximum Gasteiger partial charge on any atom is 0.137 e. The summed E-state index contributed by atoms with van der Waals surface area (Å²) in [6.07, 6.45) is 2.34. The first-order chi connectivity index (χ1) is 15.2. The molecule has 0 aliphatic heterocycles. The molecule has 1 heterocycles. The van der Waals surface area contributed by atoms with Gasteiger partial charge in [-0.25, -0.2) is 9.97 Å². The van der Waals surface area contributed by atoms with Gasteiger partial charge in [0.2, 0.25) is 0 Å². The number of hydrogen-bond acceptors (Lipinski definition) is 4. The molecular formula is C27H28N4. The second kappa shape index (κ2) is 11.5. The molecule has 0 saturated carbocycles. The van der Waals surface area contributed by atoms with Crippen LogP contribution in [0.25, 0.3) is 22.0 Å². The van der Waals surface area contributed by atoms with E-state index >= 15 is 0 Å². The highest BCUT2D eigenvalue weighted by atomic mass is 15.0. The van der Waals surface area contributed by atoms with Crippen LogP contribution in [0.4, 0.5) is 5.82 Å². The average molecular weight is 409 g/mol.